The standard InChI is InChI=1S/C18H27N3O3/c1-23-15-7-4-12-24-18(15)8-10-21(11-9-18)17(22)16-13-5-2-3-6-14(13)19-20-16/h15H,2-12H2,1H3,(H,19,20)/t15-/m1/s1. The number of methoxy groups -OCH3 is 1. The van der Waals surface area contributed by atoms with Gasteiger partial charge < -0.3 is 14.4 Å². The molecular weight excluding hydrogens is 306 g/mol. The second kappa shape index (κ2) is 6.48. The Labute approximate surface area is 142 Å². The average molecular weight is 333 g/mol. The molecule has 6 nitrogen and oxygen atoms in total. The van der Waals surface area contributed by atoms with Gasteiger partial charge in [0.05, 0.1) is 11.7 Å². The second-order valence-corrected chi connectivity index (χ2v) is 7.31. The van der Waals surface area contributed by atoms with E-state index in [0.717, 1.165) is 75.9 Å². The maximum absolute atomic E-state index is 12.9. The van der Waals surface area contributed by atoms with Gasteiger partial charge in [-0.15, -0.1) is 0 Å². The number of aryl methyl sites for hydroxylation is 1. The van der Waals surface area contributed by atoms with E-state index in [1.54, 1.807) is 7.11 Å². The van der Waals surface area contributed by atoms with Crippen LogP contribution in [0.3, 0.4) is 0 Å². The molecule has 3 heterocycles. The molecule has 1 amide bonds. The van der Waals surface area contributed by atoms with Crippen molar-refractivity contribution < 1.29 is 14.3 Å². The summed E-state index contributed by atoms with van der Waals surface area (Å²) in [5.41, 5.74) is 2.76. The number of hydrogen-bond donors (Lipinski definition) is 1. The molecule has 2 saturated heterocycles. The molecule has 1 aromatic heterocycles. The number of nitrogens with zero attached hydrogens (tertiary/aromatic N) is 2. The minimum atomic E-state index is -0.200. The molecule has 0 bridgehead atoms. The Kier molecular flexibility index (Phi) is 4.35. The topological polar surface area (TPSA) is 67.5 Å². The summed E-state index contributed by atoms with van der Waals surface area (Å²) in [6.45, 7) is 2.25. The number of hydrogen-bond acceptors (Lipinski definition) is 4. The van der Waals surface area contributed by atoms with Crippen molar-refractivity contribution in [1.29, 1.82) is 0 Å². The van der Waals surface area contributed by atoms with Crippen LogP contribution in [0.25, 0.3) is 0 Å². The van der Waals surface area contributed by atoms with Gasteiger partial charge in [-0.05, 0) is 51.4 Å². The van der Waals surface area contributed by atoms with Gasteiger partial charge in [0.25, 0.3) is 5.91 Å². The van der Waals surface area contributed by atoms with Gasteiger partial charge in [-0.25, -0.2) is 0 Å². The normalized spacial score (nSPS) is 26.4. The molecule has 3 aliphatic rings. The molecule has 0 aromatic carbocycles. The largest absolute Gasteiger partial charge is 0.378 e. The summed E-state index contributed by atoms with van der Waals surface area (Å²) >= 11 is 0. The number of fused-ring (bicyclic) bond motifs is 1. The van der Waals surface area contributed by atoms with Crippen molar-refractivity contribution in [3.05, 3.63) is 17.0 Å². The van der Waals surface area contributed by atoms with Gasteiger partial charge in [-0.2, -0.15) is 5.10 Å². The third kappa shape index (κ3) is 2.65. The van der Waals surface area contributed by atoms with Crippen LogP contribution in [0.15, 0.2) is 0 Å². The van der Waals surface area contributed by atoms with Crippen LogP contribution in [0.1, 0.15) is 60.3 Å². The molecule has 1 aromatic rings. The van der Waals surface area contributed by atoms with Crippen molar-refractivity contribution >= 4 is 5.91 Å². The van der Waals surface area contributed by atoms with E-state index >= 15 is 0 Å². The summed E-state index contributed by atoms with van der Waals surface area (Å²) in [5.74, 6) is 0.0778. The lowest BCUT2D eigenvalue weighted by Crippen LogP contribution is -2.56. The Hall–Kier alpha value is -1.40. The number of aromatic nitrogens is 2. The Morgan fingerprint density at radius 3 is 2.88 bits per heavy atom. The van der Waals surface area contributed by atoms with Crippen LogP contribution >= 0.6 is 0 Å². The van der Waals surface area contributed by atoms with E-state index in [1.807, 2.05) is 4.90 Å². The van der Waals surface area contributed by atoms with Crippen LogP contribution in [0.2, 0.25) is 0 Å². The smallest absolute Gasteiger partial charge is 0.274 e. The number of rotatable bonds is 2. The van der Waals surface area contributed by atoms with Crippen molar-refractivity contribution in [2.24, 2.45) is 0 Å². The van der Waals surface area contributed by atoms with Crippen LogP contribution in [-0.2, 0) is 22.3 Å². The summed E-state index contributed by atoms with van der Waals surface area (Å²) in [6.07, 6.45) is 8.29. The molecule has 0 saturated carbocycles. The number of aromatic amines is 1. The number of likely N-dealkylation sites (tertiary alicyclic amines) is 1. The lowest BCUT2D eigenvalue weighted by atomic mass is 9.81. The molecule has 2 fully saturated rings. The molecule has 1 N–H and O–H groups in total. The van der Waals surface area contributed by atoms with Crippen LogP contribution in [-0.4, -0.2) is 59.5 Å². The van der Waals surface area contributed by atoms with Crippen molar-refractivity contribution in [3.8, 4) is 0 Å². The zero-order chi connectivity index (χ0) is 16.6. The van der Waals surface area contributed by atoms with Crippen LogP contribution in [0, 0.1) is 0 Å². The summed E-state index contributed by atoms with van der Waals surface area (Å²) in [7, 11) is 1.77. The first-order valence-electron chi connectivity index (χ1n) is 9.26. The SMILES string of the molecule is CO[C@@H]1CCCOC12CCN(C(=O)c1n[nH]c3c1CCCC3)CC2. The Morgan fingerprint density at radius 2 is 2.08 bits per heavy atom. The lowest BCUT2D eigenvalue weighted by molar-refractivity contribution is -0.183. The summed E-state index contributed by atoms with van der Waals surface area (Å²) in [6, 6.07) is 0. The Bertz CT molecular complexity index is 605. The van der Waals surface area contributed by atoms with Gasteiger partial charge in [0.15, 0.2) is 5.69 Å². The fourth-order valence-electron chi connectivity index (χ4n) is 4.59. The van der Waals surface area contributed by atoms with Gasteiger partial charge in [0.1, 0.15) is 0 Å². The second-order valence-electron chi connectivity index (χ2n) is 7.31. The number of H-pyrrole nitrogens is 1. The summed E-state index contributed by atoms with van der Waals surface area (Å²) < 4.78 is 11.8. The van der Waals surface area contributed by atoms with E-state index in [9.17, 15) is 4.79 Å². The van der Waals surface area contributed by atoms with Crippen molar-refractivity contribution in [3.63, 3.8) is 0 Å². The van der Waals surface area contributed by atoms with E-state index in [0.29, 0.717) is 5.69 Å². The minimum absolute atomic E-state index is 0.0778. The molecular formula is C18H27N3O3. The zero-order valence-electron chi connectivity index (χ0n) is 14.5. The van der Waals surface area contributed by atoms with E-state index in [-0.39, 0.29) is 17.6 Å². The van der Waals surface area contributed by atoms with Gasteiger partial charge in [-0.1, -0.05) is 0 Å². The van der Waals surface area contributed by atoms with E-state index < -0.39 is 0 Å². The maximum Gasteiger partial charge on any atom is 0.274 e. The minimum Gasteiger partial charge on any atom is -0.378 e. The fraction of sp³-hybridized carbons (Fsp3) is 0.778. The molecule has 2 aliphatic heterocycles. The van der Waals surface area contributed by atoms with Crippen molar-refractivity contribution in [2.75, 3.05) is 26.8 Å². The van der Waals surface area contributed by atoms with Crippen LogP contribution in [0.5, 0.6) is 0 Å². The number of nitrogens with one attached hydrogen (secondary N) is 1. The first-order valence-corrected chi connectivity index (χ1v) is 9.26. The summed E-state index contributed by atoms with van der Waals surface area (Å²) in [4.78, 5) is 14.9. The molecule has 0 radical (unpaired) electrons. The third-order valence-corrected chi connectivity index (χ3v) is 6.03. The monoisotopic (exact) mass is 333 g/mol. The highest BCUT2D eigenvalue weighted by atomic mass is 16.5. The lowest BCUT2D eigenvalue weighted by Gasteiger charge is -2.47. The maximum atomic E-state index is 12.9. The van der Waals surface area contributed by atoms with E-state index in [2.05, 4.69) is 10.2 Å². The molecule has 1 spiro atoms. The van der Waals surface area contributed by atoms with E-state index in [1.165, 1.54) is 6.42 Å². The van der Waals surface area contributed by atoms with Gasteiger partial charge >= 0.3 is 0 Å². The first-order chi connectivity index (χ1) is 11.7. The highest BCUT2D eigenvalue weighted by Gasteiger charge is 2.45. The molecule has 4 rings (SSSR count). The number of carbonyl (C=O) groups is 1. The van der Waals surface area contributed by atoms with E-state index in [4.69, 9.17) is 9.47 Å². The fourth-order valence-corrected chi connectivity index (χ4v) is 4.59. The number of carbonyl (C=O) groups excluding carboxylic acids is 1. The Balaban J connectivity index is 1.46. The predicted molar refractivity (Wildman–Crippen MR) is 89.1 cm³/mol. The van der Waals surface area contributed by atoms with Crippen molar-refractivity contribution in [2.45, 2.75) is 63.1 Å². The zero-order valence-corrected chi connectivity index (χ0v) is 14.5. The molecule has 24 heavy (non-hydrogen) atoms. The van der Waals surface area contributed by atoms with Gasteiger partial charge in [0, 0.05) is 38.1 Å². The number of amides is 1. The highest BCUT2D eigenvalue weighted by Crippen LogP contribution is 2.37. The molecule has 1 aliphatic carbocycles. The van der Waals surface area contributed by atoms with Crippen LogP contribution in [0.4, 0.5) is 0 Å². The van der Waals surface area contributed by atoms with Crippen molar-refractivity contribution in [1.82, 2.24) is 15.1 Å². The van der Waals surface area contributed by atoms with Gasteiger partial charge in [0.2, 0.25) is 0 Å². The predicted octanol–water partition coefficient (Wildman–Crippen LogP) is 2.09. The average Bonchev–Trinajstić information content (AvgIpc) is 3.06. The molecule has 6 heteroatoms. The molecule has 1 atom stereocenters. The number of ether oxygens (including phenoxy) is 2. The molecule has 132 valence electrons. The quantitative estimate of drug-likeness (QED) is 0.900. The third-order valence-electron chi connectivity index (χ3n) is 6.03. The Morgan fingerprint density at radius 1 is 1.29 bits per heavy atom. The molecule has 0 unspecified atom stereocenters. The van der Waals surface area contributed by atoms with Crippen LogP contribution < -0.4 is 0 Å². The highest BCUT2D eigenvalue weighted by molar-refractivity contribution is 5.94. The van der Waals surface area contributed by atoms with Gasteiger partial charge in [-0.3, -0.25) is 9.89 Å². The first kappa shape index (κ1) is 16.1. The summed E-state index contributed by atoms with van der Waals surface area (Å²) in [5, 5.41) is 7.41. The number of piperidine rings is 1.